The number of halogens is 4. The van der Waals surface area contributed by atoms with Crippen molar-refractivity contribution in [2.24, 2.45) is 0 Å². The van der Waals surface area contributed by atoms with E-state index in [1.54, 1.807) is 6.92 Å². The van der Waals surface area contributed by atoms with E-state index in [1.807, 2.05) is 6.07 Å². The second kappa shape index (κ2) is 12.3. The summed E-state index contributed by atoms with van der Waals surface area (Å²) in [6, 6.07) is 10.8. The van der Waals surface area contributed by atoms with Crippen LogP contribution in [0.4, 0.5) is 17.6 Å². The van der Waals surface area contributed by atoms with Crippen LogP contribution in [0.5, 0.6) is 6.01 Å². The summed E-state index contributed by atoms with van der Waals surface area (Å²) in [5, 5.41) is 18.2. The molecule has 0 saturated carbocycles. The number of hydrogen-bond acceptors (Lipinski definition) is 7. The molecule has 2 aromatic heterocycles. The van der Waals surface area contributed by atoms with Gasteiger partial charge < -0.3 is 19.1 Å². The zero-order chi connectivity index (χ0) is 30.7. The number of aromatic nitrogens is 4. The average Bonchev–Trinajstić information content (AvgIpc) is 3.34. The van der Waals surface area contributed by atoms with Gasteiger partial charge in [-0.15, -0.1) is 0 Å². The summed E-state index contributed by atoms with van der Waals surface area (Å²) in [5.74, 6) is -4.38. The summed E-state index contributed by atoms with van der Waals surface area (Å²) in [7, 11) is 0. The van der Waals surface area contributed by atoms with Crippen LogP contribution in [-0.4, -0.2) is 37.2 Å². The summed E-state index contributed by atoms with van der Waals surface area (Å²) in [5.41, 5.74) is -0.311. The van der Waals surface area contributed by atoms with Crippen molar-refractivity contribution < 1.29 is 36.9 Å². The molecule has 1 N–H and O–H groups in total. The van der Waals surface area contributed by atoms with E-state index < -0.39 is 29.2 Å². The molecule has 0 aliphatic heterocycles. The van der Waals surface area contributed by atoms with Gasteiger partial charge in [-0.3, -0.25) is 0 Å². The topological polar surface area (TPSA) is 123 Å². The molecule has 0 spiro atoms. The Kier molecular flexibility index (Phi) is 8.31. The first-order valence-corrected chi connectivity index (χ1v) is 12.8. The number of rotatable bonds is 10. The monoisotopic (exact) mass is 591 g/mol. The van der Waals surface area contributed by atoms with Crippen molar-refractivity contribution in [2.45, 2.75) is 26.7 Å². The number of carboxylic acids is 1. The number of hydrogen-bond donors (Lipinski definition) is 1. The first kappa shape index (κ1) is 29.2. The molecule has 5 aromatic rings. The average molecular weight is 592 g/mol. The molecule has 0 unspecified atom stereocenters. The highest BCUT2D eigenvalue weighted by atomic mass is 19.1. The molecular weight excluding hydrogens is 570 g/mol. The molecule has 3 aromatic carbocycles. The normalized spacial score (nSPS) is 11.1. The first-order valence-electron chi connectivity index (χ1n) is 12.8. The van der Waals surface area contributed by atoms with Gasteiger partial charge in [0, 0.05) is 30.4 Å². The summed E-state index contributed by atoms with van der Waals surface area (Å²) in [6.45, 7) is 1.62. The lowest BCUT2D eigenvalue weighted by Crippen LogP contribution is -2.09. The smallest absolute Gasteiger partial charge is 0.335 e. The lowest BCUT2D eigenvalue weighted by atomic mass is 10.0. The van der Waals surface area contributed by atoms with E-state index in [2.05, 4.69) is 15.0 Å². The van der Waals surface area contributed by atoms with Crippen molar-refractivity contribution in [1.82, 2.24) is 19.5 Å². The predicted molar refractivity (Wildman–Crippen MR) is 144 cm³/mol. The van der Waals surface area contributed by atoms with Gasteiger partial charge in [0.25, 0.3) is 0 Å². The van der Waals surface area contributed by atoms with Crippen molar-refractivity contribution >= 4 is 17.0 Å². The molecule has 0 radical (unpaired) electrons. The van der Waals surface area contributed by atoms with E-state index in [-0.39, 0.29) is 82.7 Å². The molecule has 0 aliphatic carbocycles. The van der Waals surface area contributed by atoms with Gasteiger partial charge in [-0.1, -0.05) is 6.07 Å². The maximum Gasteiger partial charge on any atom is 0.335 e. The number of aromatic carboxylic acids is 1. The van der Waals surface area contributed by atoms with Crippen molar-refractivity contribution in [3.63, 3.8) is 0 Å². The van der Waals surface area contributed by atoms with Gasteiger partial charge in [0.05, 0.1) is 28.4 Å². The Bertz CT molecular complexity index is 1900. The minimum atomic E-state index is -1.34. The lowest BCUT2D eigenvalue weighted by molar-refractivity contribution is 0.0696. The van der Waals surface area contributed by atoms with Crippen LogP contribution in [0.15, 0.2) is 54.7 Å². The maximum atomic E-state index is 15.3. The molecule has 5 rings (SSSR count). The van der Waals surface area contributed by atoms with Crippen molar-refractivity contribution in [1.29, 1.82) is 5.26 Å². The second-order valence-electron chi connectivity index (χ2n) is 9.24. The third kappa shape index (κ3) is 6.14. The highest BCUT2D eigenvalue weighted by molar-refractivity contribution is 5.92. The molecule has 43 heavy (non-hydrogen) atoms. The van der Waals surface area contributed by atoms with E-state index >= 15 is 8.78 Å². The van der Waals surface area contributed by atoms with Gasteiger partial charge in [0.1, 0.15) is 42.1 Å². The van der Waals surface area contributed by atoms with Crippen molar-refractivity contribution in [2.75, 3.05) is 6.61 Å². The minimum absolute atomic E-state index is 0.0000981. The Morgan fingerprint density at radius 2 is 1.77 bits per heavy atom. The fraction of sp³-hybridized carbons (Fsp3) is 0.167. The number of fused-ring (bicyclic) bond motifs is 1. The third-order valence-corrected chi connectivity index (χ3v) is 6.49. The Morgan fingerprint density at radius 1 is 0.977 bits per heavy atom. The number of nitriles is 1. The van der Waals surface area contributed by atoms with Crippen molar-refractivity contribution in [3.8, 4) is 23.3 Å². The second-order valence-corrected chi connectivity index (χ2v) is 9.24. The molecule has 0 saturated heterocycles. The molecule has 13 heteroatoms. The fourth-order valence-corrected chi connectivity index (χ4v) is 4.34. The Hall–Kier alpha value is -5.35. The first-order chi connectivity index (χ1) is 20.7. The summed E-state index contributed by atoms with van der Waals surface area (Å²) < 4.78 is 71.8. The van der Waals surface area contributed by atoms with Crippen LogP contribution in [0.3, 0.4) is 0 Å². The molecule has 0 fully saturated rings. The Morgan fingerprint density at radius 3 is 2.49 bits per heavy atom. The molecule has 0 aliphatic rings. The van der Waals surface area contributed by atoms with Crippen LogP contribution in [0.1, 0.15) is 39.8 Å². The zero-order valence-electron chi connectivity index (χ0n) is 22.4. The van der Waals surface area contributed by atoms with Crippen LogP contribution < -0.4 is 4.74 Å². The predicted octanol–water partition coefficient (Wildman–Crippen LogP) is 5.78. The van der Waals surface area contributed by atoms with E-state index in [1.165, 1.54) is 35.0 Å². The van der Waals surface area contributed by atoms with E-state index in [4.69, 9.17) is 14.7 Å². The maximum absolute atomic E-state index is 15.3. The fourth-order valence-electron chi connectivity index (χ4n) is 4.34. The molecule has 0 bridgehead atoms. The van der Waals surface area contributed by atoms with Gasteiger partial charge >= 0.3 is 12.0 Å². The highest BCUT2D eigenvalue weighted by Gasteiger charge is 2.21. The summed E-state index contributed by atoms with van der Waals surface area (Å²) >= 11 is 0. The van der Waals surface area contributed by atoms with Gasteiger partial charge in [0.15, 0.2) is 5.82 Å². The summed E-state index contributed by atoms with van der Waals surface area (Å²) in [6.07, 6.45) is 1.01. The van der Waals surface area contributed by atoms with Crippen LogP contribution in [0.2, 0.25) is 0 Å². The van der Waals surface area contributed by atoms with Gasteiger partial charge in [-0.2, -0.15) is 10.2 Å². The van der Waals surface area contributed by atoms with Gasteiger partial charge in [0.2, 0.25) is 0 Å². The van der Waals surface area contributed by atoms with Gasteiger partial charge in [-0.25, -0.2) is 32.3 Å². The van der Waals surface area contributed by atoms with Crippen LogP contribution in [0, 0.1) is 34.6 Å². The van der Waals surface area contributed by atoms with Crippen LogP contribution >= 0.6 is 0 Å². The van der Waals surface area contributed by atoms with Crippen molar-refractivity contribution in [3.05, 3.63) is 106 Å². The number of carboxylic acid groups (broad SMARTS) is 1. The molecule has 2 heterocycles. The lowest BCUT2D eigenvalue weighted by Gasteiger charge is -2.12. The Labute approximate surface area is 241 Å². The number of ether oxygens (including phenoxy) is 2. The zero-order valence-corrected chi connectivity index (χ0v) is 22.4. The van der Waals surface area contributed by atoms with E-state index in [0.29, 0.717) is 0 Å². The molecule has 218 valence electrons. The summed E-state index contributed by atoms with van der Waals surface area (Å²) in [4.78, 5) is 23.7. The largest absolute Gasteiger partial charge is 0.478 e. The molecule has 9 nitrogen and oxygen atoms in total. The molecule has 0 atom stereocenters. The quantitative estimate of drug-likeness (QED) is 0.203. The number of nitrogens with zero attached hydrogens (tertiary/aromatic N) is 5. The third-order valence-electron chi connectivity index (χ3n) is 6.49. The number of carbonyl (C=O) groups is 1. The SMILES string of the molecule is CCOCn1c(Cc2cc(F)c(-c3ccnc(OCc4ccc(C#N)cc4F)n3)cc2F)nc2c(F)cc(C(=O)O)cc21. The van der Waals surface area contributed by atoms with Crippen LogP contribution in [-0.2, 0) is 24.5 Å². The number of benzene rings is 3. The van der Waals surface area contributed by atoms with E-state index in [9.17, 15) is 18.7 Å². The number of imidazole rings is 1. The molecular formula is C30H21F4N5O4. The molecule has 0 amide bonds. The van der Waals surface area contributed by atoms with Gasteiger partial charge in [-0.05, 0) is 55.0 Å². The standard InChI is InChI=1S/C30H21F4N5O4/c1-2-42-15-39-26-10-19(29(40)41)9-24(34)28(26)38-27(39)11-18-8-23(33)20(12-22(18)32)25-5-6-36-30(37-25)43-14-17-4-3-16(13-35)7-21(17)31/h3-10,12H,2,11,14-15H2,1H3,(H,40,41). The highest BCUT2D eigenvalue weighted by Crippen LogP contribution is 2.28. The van der Waals surface area contributed by atoms with Crippen LogP contribution in [0.25, 0.3) is 22.3 Å². The Balaban J connectivity index is 1.42. The minimum Gasteiger partial charge on any atom is -0.478 e. The van der Waals surface area contributed by atoms with E-state index in [0.717, 1.165) is 24.3 Å².